The number of imidazole rings is 1. The SMILES string of the molecule is Cc1nccn1-c1cc(CNC(=O)c2cc3ccccc3o2)ccn1. The Morgan fingerprint density at radius 2 is 2.04 bits per heavy atom. The number of hydrogen-bond acceptors (Lipinski definition) is 4. The molecule has 0 spiro atoms. The smallest absolute Gasteiger partial charge is 0.287 e. The van der Waals surface area contributed by atoms with Gasteiger partial charge in [0.15, 0.2) is 5.76 Å². The molecule has 4 rings (SSSR count). The number of carbonyl (C=O) groups excluding carboxylic acids is 1. The molecule has 1 N–H and O–H groups in total. The van der Waals surface area contributed by atoms with Crippen LogP contribution in [-0.2, 0) is 6.54 Å². The molecule has 0 saturated heterocycles. The zero-order valence-corrected chi connectivity index (χ0v) is 13.6. The van der Waals surface area contributed by atoms with E-state index in [1.807, 2.05) is 54.1 Å². The molecule has 0 atom stereocenters. The average Bonchev–Trinajstić information content (AvgIpc) is 3.26. The Morgan fingerprint density at radius 3 is 2.84 bits per heavy atom. The summed E-state index contributed by atoms with van der Waals surface area (Å²) >= 11 is 0. The standard InChI is InChI=1S/C19H16N4O2/c1-13-20-8-9-23(13)18-10-14(6-7-21-18)12-22-19(24)17-11-15-4-2-3-5-16(15)25-17/h2-11H,12H2,1H3,(H,22,24). The lowest BCUT2D eigenvalue weighted by atomic mass is 10.2. The highest BCUT2D eigenvalue weighted by Crippen LogP contribution is 2.18. The van der Waals surface area contributed by atoms with Crippen LogP contribution in [0, 0.1) is 6.92 Å². The van der Waals surface area contributed by atoms with Crippen LogP contribution in [0.4, 0.5) is 0 Å². The summed E-state index contributed by atoms with van der Waals surface area (Å²) in [6.45, 7) is 2.30. The van der Waals surface area contributed by atoms with Gasteiger partial charge in [-0.25, -0.2) is 9.97 Å². The molecule has 0 bridgehead atoms. The third kappa shape index (κ3) is 3.01. The van der Waals surface area contributed by atoms with Crippen LogP contribution < -0.4 is 5.32 Å². The molecule has 6 heteroatoms. The number of nitrogens with zero attached hydrogens (tertiary/aromatic N) is 3. The van der Waals surface area contributed by atoms with Gasteiger partial charge in [0, 0.05) is 30.5 Å². The normalized spacial score (nSPS) is 10.9. The Kier molecular flexibility index (Phi) is 3.78. The van der Waals surface area contributed by atoms with Gasteiger partial charge >= 0.3 is 0 Å². The van der Waals surface area contributed by atoms with Gasteiger partial charge in [-0.1, -0.05) is 18.2 Å². The summed E-state index contributed by atoms with van der Waals surface area (Å²) in [7, 11) is 0. The molecule has 0 saturated carbocycles. The Bertz CT molecular complexity index is 1020. The van der Waals surface area contributed by atoms with Gasteiger partial charge in [-0.3, -0.25) is 9.36 Å². The quantitative estimate of drug-likeness (QED) is 0.622. The van der Waals surface area contributed by atoms with E-state index >= 15 is 0 Å². The highest BCUT2D eigenvalue weighted by atomic mass is 16.3. The molecule has 0 aliphatic rings. The fourth-order valence-corrected chi connectivity index (χ4v) is 2.69. The number of furan rings is 1. The molecule has 4 aromatic rings. The van der Waals surface area contributed by atoms with Crippen molar-refractivity contribution in [3.63, 3.8) is 0 Å². The lowest BCUT2D eigenvalue weighted by molar-refractivity contribution is 0.0925. The third-order valence-electron chi connectivity index (χ3n) is 3.98. The molecule has 0 aliphatic carbocycles. The van der Waals surface area contributed by atoms with Crippen LogP contribution in [0.2, 0.25) is 0 Å². The number of pyridine rings is 1. The summed E-state index contributed by atoms with van der Waals surface area (Å²) in [5.74, 6) is 1.69. The fourth-order valence-electron chi connectivity index (χ4n) is 2.69. The first-order valence-corrected chi connectivity index (χ1v) is 7.93. The van der Waals surface area contributed by atoms with E-state index < -0.39 is 0 Å². The number of carbonyl (C=O) groups is 1. The van der Waals surface area contributed by atoms with Gasteiger partial charge in [-0.05, 0) is 36.8 Å². The summed E-state index contributed by atoms with van der Waals surface area (Å²) in [4.78, 5) is 20.9. The molecular formula is C19H16N4O2. The van der Waals surface area contributed by atoms with Crippen LogP contribution in [0.5, 0.6) is 0 Å². The molecule has 0 aliphatic heterocycles. The molecule has 0 fully saturated rings. The Hall–Kier alpha value is -3.41. The molecule has 3 aromatic heterocycles. The van der Waals surface area contributed by atoms with E-state index in [1.54, 1.807) is 18.5 Å². The van der Waals surface area contributed by atoms with E-state index in [2.05, 4.69) is 15.3 Å². The molecule has 124 valence electrons. The van der Waals surface area contributed by atoms with Crippen LogP contribution >= 0.6 is 0 Å². The van der Waals surface area contributed by atoms with Gasteiger partial charge in [-0.2, -0.15) is 0 Å². The first-order chi connectivity index (χ1) is 12.2. The lowest BCUT2D eigenvalue weighted by Gasteiger charge is -2.07. The molecule has 1 aromatic carbocycles. The predicted octanol–water partition coefficient (Wildman–Crippen LogP) is 3.25. The maximum atomic E-state index is 12.3. The second kappa shape index (κ2) is 6.24. The lowest BCUT2D eigenvalue weighted by Crippen LogP contribution is -2.22. The molecular weight excluding hydrogens is 316 g/mol. The maximum Gasteiger partial charge on any atom is 0.287 e. The fraction of sp³-hybridized carbons (Fsp3) is 0.105. The third-order valence-corrected chi connectivity index (χ3v) is 3.98. The predicted molar refractivity (Wildman–Crippen MR) is 93.5 cm³/mol. The first kappa shape index (κ1) is 15.1. The number of nitrogens with one attached hydrogen (secondary N) is 1. The summed E-state index contributed by atoms with van der Waals surface area (Å²) in [5, 5.41) is 3.79. The number of benzene rings is 1. The first-order valence-electron chi connectivity index (χ1n) is 7.93. The van der Waals surface area contributed by atoms with Crippen molar-refractivity contribution in [1.29, 1.82) is 0 Å². The van der Waals surface area contributed by atoms with E-state index in [1.165, 1.54) is 0 Å². The Balaban J connectivity index is 1.49. The van der Waals surface area contributed by atoms with Gasteiger partial charge in [-0.15, -0.1) is 0 Å². The molecule has 0 unspecified atom stereocenters. The average molecular weight is 332 g/mol. The van der Waals surface area contributed by atoms with Crippen LogP contribution in [0.3, 0.4) is 0 Å². The molecule has 1 amide bonds. The van der Waals surface area contributed by atoms with Gasteiger partial charge < -0.3 is 9.73 Å². The summed E-state index contributed by atoms with van der Waals surface area (Å²) in [6.07, 6.45) is 5.30. The van der Waals surface area contributed by atoms with Crippen LogP contribution in [-0.4, -0.2) is 20.4 Å². The molecule has 3 heterocycles. The minimum atomic E-state index is -0.242. The number of aryl methyl sites for hydroxylation is 1. The van der Waals surface area contributed by atoms with Crippen LogP contribution in [0.1, 0.15) is 21.9 Å². The van der Waals surface area contributed by atoms with Gasteiger partial charge in [0.1, 0.15) is 17.2 Å². The van der Waals surface area contributed by atoms with Crippen molar-refractivity contribution in [3.05, 3.63) is 78.2 Å². The maximum absolute atomic E-state index is 12.3. The Labute approximate surface area is 144 Å². The Morgan fingerprint density at radius 1 is 1.16 bits per heavy atom. The van der Waals surface area contributed by atoms with Crippen molar-refractivity contribution in [3.8, 4) is 5.82 Å². The number of amides is 1. The van der Waals surface area contributed by atoms with Crippen LogP contribution in [0.15, 0.2) is 65.5 Å². The van der Waals surface area contributed by atoms with Crippen molar-refractivity contribution < 1.29 is 9.21 Å². The van der Waals surface area contributed by atoms with Gasteiger partial charge in [0.2, 0.25) is 0 Å². The van der Waals surface area contributed by atoms with Crippen molar-refractivity contribution in [1.82, 2.24) is 19.9 Å². The van der Waals surface area contributed by atoms with E-state index in [9.17, 15) is 4.79 Å². The van der Waals surface area contributed by atoms with Crippen molar-refractivity contribution in [2.75, 3.05) is 0 Å². The monoisotopic (exact) mass is 332 g/mol. The van der Waals surface area contributed by atoms with E-state index in [0.717, 1.165) is 22.6 Å². The van der Waals surface area contributed by atoms with Crippen molar-refractivity contribution >= 4 is 16.9 Å². The van der Waals surface area contributed by atoms with E-state index in [4.69, 9.17) is 4.42 Å². The highest BCUT2D eigenvalue weighted by Gasteiger charge is 2.12. The topological polar surface area (TPSA) is 73.0 Å². The zero-order valence-electron chi connectivity index (χ0n) is 13.6. The number of aromatic nitrogens is 3. The summed E-state index contributed by atoms with van der Waals surface area (Å²) in [5.41, 5.74) is 1.65. The zero-order chi connectivity index (χ0) is 17.2. The molecule has 6 nitrogen and oxygen atoms in total. The minimum Gasteiger partial charge on any atom is -0.451 e. The molecule has 25 heavy (non-hydrogen) atoms. The van der Waals surface area contributed by atoms with E-state index in [0.29, 0.717) is 17.9 Å². The highest BCUT2D eigenvalue weighted by molar-refractivity contribution is 5.96. The summed E-state index contributed by atoms with van der Waals surface area (Å²) < 4.78 is 7.47. The number of rotatable bonds is 4. The van der Waals surface area contributed by atoms with E-state index in [-0.39, 0.29) is 5.91 Å². The number of fused-ring (bicyclic) bond motifs is 1. The second-order valence-electron chi connectivity index (χ2n) is 5.70. The molecule has 0 radical (unpaired) electrons. The van der Waals surface area contributed by atoms with Crippen molar-refractivity contribution in [2.45, 2.75) is 13.5 Å². The van der Waals surface area contributed by atoms with Crippen molar-refractivity contribution in [2.24, 2.45) is 0 Å². The summed E-state index contributed by atoms with van der Waals surface area (Å²) in [6, 6.07) is 13.1. The second-order valence-corrected chi connectivity index (χ2v) is 5.70. The largest absolute Gasteiger partial charge is 0.451 e. The number of para-hydroxylation sites is 1. The van der Waals surface area contributed by atoms with Crippen LogP contribution in [0.25, 0.3) is 16.8 Å². The number of hydrogen-bond donors (Lipinski definition) is 1. The van der Waals surface area contributed by atoms with Gasteiger partial charge in [0.05, 0.1) is 0 Å². The minimum absolute atomic E-state index is 0.242. The van der Waals surface area contributed by atoms with Gasteiger partial charge in [0.25, 0.3) is 5.91 Å².